The Morgan fingerprint density at radius 3 is 2.79 bits per heavy atom. The largest absolute Gasteiger partial charge is 0.340 e. The lowest BCUT2D eigenvalue weighted by Gasteiger charge is -2.34. The quantitative estimate of drug-likeness (QED) is 0.816. The van der Waals surface area contributed by atoms with Gasteiger partial charge in [-0.3, -0.25) is 4.79 Å². The highest BCUT2D eigenvalue weighted by molar-refractivity contribution is 5.76. The van der Waals surface area contributed by atoms with Crippen LogP contribution in [0.15, 0.2) is 34.5 Å². The van der Waals surface area contributed by atoms with Crippen molar-refractivity contribution in [2.45, 2.75) is 37.4 Å². The average molecular weight is 328 g/mol. The molecule has 0 aliphatic carbocycles. The topological polar surface area (TPSA) is 57.1 Å². The molecule has 1 atom stereocenters. The number of terminal acetylenes is 1. The molecule has 3 rings (SSSR count). The second kappa shape index (κ2) is 7.10. The van der Waals surface area contributed by atoms with Gasteiger partial charge in [0, 0.05) is 51.4 Å². The highest BCUT2D eigenvalue weighted by Crippen LogP contribution is 2.37. The van der Waals surface area contributed by atoms with Gasteiger partial charge in [0.25, 0.3) is 0 Å². The number of rotatable bonds is 6. The van der Waals surface area contributed by atoms with Gasteiger partial charge in [0.15, 0.2) is 5.66 Å². The van der Waals surface area contributed by atoms with E-state index in [0.29, 0.717) is 32.4 Å². The van der Waals surface area contributed by atoms with Crippen molar-refractivity contribution < 1.29 is 9.18 Å². The Morgan fingerprint density at radius 2 is 2.12 bits per heavy atom. The zero-order valence-electron chi connectivity index (χ0n) is 13.5. The molecule has 1 fully saturated rings. The van der Waals surface area contributed by atoms with Crippen molar-refractivity contribution in [1.82, 2.24) is 10.2 Å². The van der Waals surface area contributed by atoms with Crippen molar-refractivity contribution in [3.8, 4) is 12.3 Å². The maximum absolute atomic E-state index is 13.1. The monoisotopic (exact) mass is 328 g/mol. The number of nitrogens with zero attached hydrogens (tertiary/aromatic N) is 3. The molecule has 6 heteroatoms. The van der Waals surface area contributed by atoms with Gasteiger partial charge in [0.1, 0.15) is 5.82 Å². The number of hydrogen-bond acceptors (Lipinski definition) is 4. The van der Waals surface area contributed by atoms with Gasteiger partial charge in [-0.1, -0.05) is 12.1 Å². The smallest absolute Gasteiger partial charge is 0.222 e. The molecule has 1 amide bonds. The number of carbonyl (C=O) groups is 1. The van der Waals surface area contributed by atoms with E-state index in [-0.39, 0.29) is 17.8 Å². The van der Waals surface area contributed by atoms with Crippen molar-refractivity contribution in [1.29, 1.82) is 0 Å². The van der Waals surface area contributed by atoms with Crippen molar-refractivity contribution >= 4 is 5.91 Å². The second-order valence-electron chi connectivity index (χ2n) is 6.28. The molecule has 0 aromatic heterocycles. The standard InChI is InChI=1S/C18H21FN4O/c1-2-3-9-18(21-22-18)10-8-17(24)23-12-11-20-16(13-23)14-4-6-15(19)7-5-14/h1,4-7,16,20H,3,8-13H2. The number of nitrogens with one attached hydrogen (secondary N) is 1. The van der Waals surface area contributed by atoms with Crippen molar-refractivity contribution in [3.05, 3.63) is 35.6 Å². The molecule has 5 nitrogen and oxygen atoms in total. The van der Waals surface area contributed by atoms with E-state index in [1.54, 1.807) is 12.1 Å². The van der Waals surface area contributed by atoms with E-state index >= 15 is 0 Å². The Bertz CT molecular complexity index is 659. The van der Waals surface area contributed by atoms with Crippen LogP contribution in [0.5, 0.6) is 0 Å². The molecule has 1 N–H and O–H groups in total. The lowest BCUT2D eigenvalue weighted by atomic mass is 10.0. The minimum atomic E-state index is -0.410. The van der Waals surface area contributed by atoms with Gasteiger partial charge in [-0.2, -0.15) is 10.2 Å². The van der Waals surface area contributed by atoms with Crippen molar-refractivity contribution in [3.63, 3.8) is 0 Å². The SMILES string of the molecule is C#CCCC1(CCC(=O)N2CCNC(c3ccc(F)cc3)C2)N=N1. The molecular weight excluding hydrogens is 307 g/mol. The summed E-state index contributed by atoms with van der Waals surface area (Å²) < 4.78 is 13.1. The molecule has 0 bridgehead atoms. The summed E-state index contributed by atoms with van der Waals surface area (Å²) >= 11 is 0. The summed E-state index contributed by atoms with van der Waals surface area (Å²) in [5.74, 6) is 2.45. The second-order valence-corrected chi connectivity index (χ2v) is 6.28. The summed E-state index contributed by atoms with van der Waals surface area (Å²) in [6.07, 6.45) is 7.67. The minimum Gasteiger partial charge on any atom is -0.340 e. The summed E-state index contributed by atoms with van der Waals surface area (Å²) in [4.78, 5) is 14.4. The van der Waals surface area contributed by atoms with E-state index in [0.717, 1.165) is 18.5 Å². The third-order valence-electron chi connectivity index (χ3n) is 4.59. The first-order valence-corrected chi connectivity index (χ1v) is 8.26. The van der Waals surface area contributed by atoms with Crippen LogP contribution in [-0.2, 0) is 4.79 Å². The third-order valence-corrected chi connectivity index (χ3v) is 4.59. The van der Waals surface area contributed by atoms with Gasteiger partial charge in [-0.25, -0.2) is 4.39 Å². The number of hydrogen-bond donors (Lipinski definition) is 1. The Labute approximate surface area is 141 Å². The molecular formula is C18H21FN4O. The zero-order valence-corrected chi connectivity index (χ0v) is 13.5. The van der Waals surface area contributed by atoms with Crippen LogP contribution in [0.25, 0.3) is 0 Å². The van der Waals surface area contributed by atoms with Gasteiger partial charge in [0.05, 0.1) is 0 Å². The Kier molecular flexibility index (Phi) is 4.91. The summed E-state index contributed by atoms with van der Waals surface area (Å²) in [5.41, 5.74) is 0.582. The maximum atomic E-state index is 13.1. The van der Waals surface area contributed by atoms with Gasteiger partial charge in [0.2, 0.25) is 5.91 Å². The summed E-state index contributed by atoms with van der Waals surface area (Å²) in [6.45, 7) is 2.00. The number of benzene rings is 1. The third kappa shape index (κ3) is 3.98. The zero-order chi connectivity index (χ0) is 17.0. The van der Waals surface area contributed by atoms with Gasteiger partial charge in [-0.15, -0.1) is 12.3 Å². The Balaban J connectivity index is 1.52. The number of carbonyl (C=O) groups excluding carboxylic acids is 1. The van der Waals surface area contributed by atoms with Crippen LogP contribution in [0, 0.1) is 18.2 Å². The molecule has 1 aromatic rings. The van der Waals surface area contributed by atoms with Crippen LogP contribution < -0.4 is 5.32 Å². The number of halogens is 1. The fourth-order valence-corrected chi connectivity index (χ4v) is 3.03. The van der Waals surface area contributed by atoms with Crippen LogP contribution in [-0.4, -0.2) is 36.1 Å². The van der Waals surface area contributed by atoms with Crippen LogP contribution in [0.2, 0.25) is 0 Å². The molecule has 0 saturated carbocycles. The summed E-state index contributed by atoms with van der Waals surface area (Å²) in [6, 6.07) is 6.45. The number of piperazine rings is 1. The van der Waals surface area contributed by atoms with E-state index in [9.17, 15) is 9.18 Å². The van der Waals surface area contributed by atoms with E-state index in [2.05, 4.69) is 21.5 Å². The van der Waals surface area contributed by atoms with Crippen molar-refractivity contribution in [2.24, 2.45) is 10.2 Å². The molecule has 0 radical (unpaired) electrons. The molecule has 2 heterocycles. The van der Waals surface area contributed by atoms with E-state index < -0.39 is 5.66 Å². The highest BCUT2D eigenvalue weighted by Gasteiger charge is 2.39. The highest BCUT2D eigenvalue weighted by atomic mass is 19.1. The normalized spacial score (nSPS) is 21.3. The predicted octanol–water partition coefficient (Wildman–Crippen LogP) is 2.65. The van der Waals surface area contributed by atoms with Crippen LogP contribution in [0.3, 0.4) is 0 Å². The van der Waals surface area contributed by atoms with Gasteiger partial charge >= 0.3 is 0 Å². The number of amides is 1. The van der Waals surface area contributed by atoms with Crippen LogP contribution in [0.4, 0.5) is 4.39 Å². The Hall–Kier alpha value is -2.26. The van der Waals surface area contributed by atoms with Gasteiger partial charge in [-0.05, 0) is 17.7 Å². The van der Waals surface area contributed by atoms with E-state index in [1.807, 2.05) is 4.90 Å². The first kappa shape index (κ1) is 16.6. The molecule has 126 valence electrons. The lowest BCUT2D eigenvalue weighted by Crippen LogP contribution is -2.48. The average Bonchev–Trinajstić information content (AvgIpc) is 3.39. The molecule has 24 heavy (non-hydrogen) atoms. The predicted molar refractivity (Wildman–Crippen MR) is 88.6 cm³/mol. The fraction of sp³-hybridized carbons (Fsp3) is 0.500. The summed E-state index contributed by atoms with van der Waals surface area (Å²) in [5, 5.41) is 11.5. The fourth-order valence-electron chi connectivity index (χ4n) is 3.03. The van der Waals surface area contributed by atoms with Crippen LogP contribution in [0.1, 0.15) is 37.3 Å². The first-order valence-electron chi connectivity index (χ1n) is 8.26. The van der Waals surface area contributed by atoms with Gasteiger partial charge < -0.3 is 10.2 Å². The van der Waals surface area contributed by atoms with Crippen molar-refractivity contribution in [2.75, 3.05) is 19.6 Å². The molecule has 0 spiro atoms. The Morgan fingerprint density at radius 1 is 1.38 bits per heavy atom. The minimum absolute atomic E-state index is 0.0361. The molecule has 2 aliphatic rings. The summed E-state index contributed by atoms with van der Waals surface area (Å²) in [7, 11) is 0. The molecule has 1 aromatic carbocycles. The maximum Gasteiger partial charge on any atom is 0.222 e. The molecule has 1 unspecified atom stereocenters. The molecule has 1 saturated heterocycles. The lowest BCUT2D eigenvalue weighted by molar-refractivity contribution is -0.132. The van der Waals surface area contributed by atoms with Crippen LogP contribution >= 0.6 is 0 Å². The van der Waals surface area contributed by atoms with E-state index in [1.165, 1.54) is 12.1 Å². The first-order chi connectivity index (χ1) is 11.6. The van der Waals surface area contributed by atoms with E-state index in [4.69, 9.17) is 6.42 Å². The molecule has 2 aliphatic heterocycles.